The van der Waals surface area contributed by atoms with E-state index in [4.69, 9.17) is 15.0 Å². The monoisotopic (exact) mass is 1100 g/mol. The van der Waals surface area contributed by atoms with Gasteiger partial charge in [-0.3, -0.25) is 15.0 Å². The Morgan fingerprint density at radius 3 is 0.671 bits per heavy atom. The maximum Gasteiger partial charge on any atom is 2.00 e. The van der Waals surface area contributed by atoms with Crippen LogP contribution in [0.5, 0.6) is 0 Å². The van der Waals surface area contributed by atoms with Gasteiger partial charge in [0.25, 0.3) is 0 Å². The van der Waals surface area contributed by atoms with Gasteiger partial charge in [-0.25, -0.2) is 15.0 Å². The zero-order valence-corrected chi connectivity index (χ0v) is 44.5. The van der Waals surface area contributed by atoms with E-state index in [2.05, 4.69) is 233 Å². The van der Waals surface area contributed by atoms with Crippen LogP contribution in [0.2, 0.25) is 0 Å². The molecule has 0 saturated carbocycles. The molecule has 0 radical (unpaired) electrons. The van der Waals surface area contributed by atoms with Gasteiger partial charge in [0, 0.05) is 84.3 Å². The Morgan fingerprint density at radius 2 is 0.418 bits per heavy atom. The van der Waals surface area contributed by atoms with Gasteiger partial charge in [-0.1, -0.05) is 237 Å². The molecular weight excluding hydrogens is 1050 g/mol. The third-order valence-corrected chi connectivity index (χ3v) is 14.1. The number of nitrogens with zero attached hydrogens (tertiary/aromatic N) is 6. The Morgan fingerprint density at radius 1 is 0.190 bits per heavy atom. The van der Waals surface area contributed by atoms with Gasteiger partial charge in [0.05, 0.1) is 50.2 Å². The van der Waals surface area contributed by atoms with Gasteiger partial charge in [-0.15, -0.1) is 0 Å². The van der Waals surface area contributed by atoms with Gasteiger partial charge in [-0.05, 0) is 53.1 Å². The molecule has 0 amide bonds. The predicted molar refractivity (Wildman–Crippen MR) is 324 cm³/mol. The van der Waals surface area contributed by atoms with Crippen molar-refractivity contribution in [3.63, 3.8) is 0 Å². The standard InChI is InChI=1S/3C24H16N2.Ru/c3*1-3-8-17(9-4-1)21-16-20-14-13-19-12-7-15-25-23(19)24(20)26-22(21)18-10-5-2-6-11-18;/h3*1-16H;/q;;;+2. The first-order chi connectivity index (χ1) is 38.7. The molecule has 0 aliphatic carbocycles. The van der Waals surface area contributed by atoms with E-state index in [-0.39, 0.29) is 19.5 Å². The molecular formula is C72H48N6Ru+2. The smallest absolute Gasteiger partial charge is 0.254 e. The summed E-state index contributed by atoms with van der Waals surface area (Å²) in [6, 6.07) is 93.9. The van der Waals surface area contributed by atoms with Crippen LogP contribution >= 0.6 is 0 Å². The van der Waals surface area contributed by atoms with Crippen molar-refractivity contribution in [2.24, 2.45) is 0 Å². The molecule has 6 heterocycles. The number of pyridine rings is 6. The summed E-state index contributed by atoms with van der Waals surface area (Å²) < 4.78 is 0. The van der Waals surface area contributed by atoms with E-state index < -0.39 is 0 Å². The average molecular weight is 1100 g/mol. The van der Waals surface area contributed by atoms with Crippen LogP contribution in [-0.4, -0.2) is 29.9 Å². The van der Waals surface area contributed by atoms with E-state index in [1.54, 1.807) is 0 Å². The number of hydrogen-bond donors (Lipinski definition) is 0. The summed E-state index contributed by atoms with van der Waals surface area (Å²) in [5.41, 5.74) is 18.9. The zero-order chi connectivity index (χ0) is 52.0. The Hall–Kier alpha value is -9.94. The minimum atomic E-state index is 0. The summed E-state index contributed by atoms with van der Waals surface area (Å²) in [6.45, 7) is 0. The molecule has 0 N–H and O–H groups in total. The summed E-state index contributed by atoms with van der Waals surface area (Å²) in [7, 11) is 0. The summed E-state index contributed by atoms with van der Waals surface area (Å²) in [4.78, 5) is 29.0. The Kier molecular flexibility index (Phi) is 14.4. The van der Waals surface area contributed by atoms with Gasteiger partial charge < -0.3 is 0 Å². The average Bonchev–Trinajstić information content (AvgIpc) is 3.71. The molecule has 0 aliphatic heterocycles. The van der Waals surface area contributed by atoms with Crippen molar-refractivity contribution >= 4 is 65.4 Å². The summed E-state index contributed by atoms with van der Waals surface area (Å²) >= 11 is 0. The maximum absolute atomic E-state index is 5.09. The van der Waals surface area contributed by atoms with Gasteiger partial charge in [0.1, 0.15) is 0 Å². The summed E-state index contributed by atoms with van der Waals surface area (Å²) in [5, 5.41) is 6.65. The quantitative estimate of drug-likeness (QED) is 0.122. The molecule has 0 aliphatic rings. The number of rotatable bonds is 6. The number of benzene rings is 9. The van der Waals surface area contributed by atoms with Gasteiger partial charge >= 0.3 is 19.5 Å². The molecule has 0 spiro atoms. The second kappa shape index (κ2) is 22.7. The van der Waals surface area contributed by atoms with Gasteiger partial charge in [0.2, 0.25) is 0 Å². The molecule has 0 atom stereocenters. The molecule has 9 aromatic carbocycles. The van der Waals surface area contributed by atoms with Crippen LogP contribution in [0.25, 0.3) is 133 Å². The van der Waals surface area contributed by atoms with E-state index in [9.17, 15) is 0 Å². The third kappa shape index (κ3) is 10.3. The van der Waals surface area contributed by atoms with E-state index in [0.717, 1.165) is 116 Å². The molecule has 0 fully saturated rings. The third-order valence-electron chi connectivity index (χ3n) is 14.1. The van der Waals surface area contributed by atoms with E-state index >= 15 is 0 Å². The van der Waals surface area contributed by atoms with Crippen molar-refractivity contribution in [2.75, 3.05) is 0 Å². The molecule has 0 bridgehead atoms. The molecule has 15 rings (SSSR count). The zero-order valence-electron chi connectivity index (χ0n) is 42.7. The van der Waals surface area contributed by atoms with Crippen molar-refractivity contribution in [1.82, 2.24) is 29.9 Å². The van der Waals surface area contributed by atoms with Crippen LogP contribution < -0.4 is 0 Å². The van der Waals surface area contributed by atoms with Crippen LogP contribution in [0.1, 0.15) is 0 Å². The largest absolute Gasteiger partial charge is 2.00 e. The normalized spacial score (nSPS) is 10.9. The van der Waals surface area contributed by atoms with Crippen molar-refractivity contribution in [1.29, 1.82) is 0 Å². The van der Waals surface area contributed by atoms with Crippen molar-refractivity contribution in [2.45, 2.75) is 0 Å². The fraction of sp³-hybridized carbons (Fsp3) is 0. The molecule has 0 saturated heterocycles. The Labute approximate surface area is 470 Å². The summed E-state index contributed by atoms with van der Waals surface area (Å²) in [5.74, 6) is 0. The first kappa shape index (κ1) is 49.9. The Bertz CT molecular complexity index is 4120. The van der Waals surface area contributed by atoms with Crippen LogP contribution in [0.4, 0.5) is 0 Å². The molecule has 372 valence electrons. The molecule has 6 aromatic heterocycles. The van der Waals surface area contributed by atoms with E-state index in [1.807, 2.05) is 73.2 Å². The fourth-order valence-electron chi connectivity index (χ4n) is 10.3. The van der Waals surface area contributed by atoms with Crippen molar-refractivity contribution < 1.29 is 19.5 Å². The number of fused-ring (bicyclic) bond motifs is 9. The van der Waals surface area contributed by atoms with Crippen LogP contribution in [0.15, 0.2) is 292 Å². The van der Waals surface area contributed by atoms with Gasteiger partial charge in [0.15, 0.2) is 0 Å². The predicted octanol–water partition coefficient (Wildman–Crippen LogP) is 18.3. The number of aromatic nitrogens is 6. The fourth-order valence-corrected chi connectivity index (χ4v) is 10.3. The second-order valence-electron chi connectivity index (χ2n) is 19.0. The second-order valence-corrected chi connectivity index (χ2v) is 19.0. The van der Waals surface area contributed by atoms with Crippen LogP contribution in [0.3, 0.4) is 0 Å². The van der Waals surface area contributed by atoms with E-state index in [0.29, 0.717) is 0 Å². The Balaban J connectivity index is 0.000000118. The van der Waals surface area contributed by atoms with E-state index in [1.165, 1.54) is 16.7 Å². The first-order valence-electron chi connectivity index (χ1n) is 26.1. The number of hydrogen-bond acceptors (Lipinski definition) is 6. The summed E-state index contributed by atoms with van der Waals surface area (Å²) in [6.07, 6.45) is 5.49. The minimum absolute atomic E-state index is 0. The molecule has 0 unspecified atom stereocenters. The SMILES string of the molecule is [Ru+2].c1ccc(-c2cc3ccc4cccnc4c3nc2-c2ccccc2)cc1.c1ccc(-c2cc3ccc4cccnc4c3nc2-c2ccccc2)cc1.c1ccc(-c2cc3ccc4cccnc4c3nc2-c2ccccc2)cc1. The molecule has 6 nitrogen and oxygen atoms in total. The maximum atomic E-state index is 5.09. The molecule has 7 heteroatoms. The minimum Gasteiger partial charge on any atom is -0.254 e. The molecule has 79 heavy (non-hydrogen) atoms. The topological polar surface area (TPSA) is 77.3 Å². The van der Waals surface area contributed by atoms with Crippen LogP contribution in [0, 0.1) is 0 Å². The van der Waals surface area contributed by atoms with Crippen molar-refractivity contribution in [3.05, 3.63) is 292 Å². The van der Waals surface area contributed by atoms with Crippen molar-refractivity contribution in [3.8, 4) is 67.2 Å². The molecule has 15 aromatic rings. The van der Waals surface area contributed by atoms with Crippen LogP contribution in [-0.2, 0) is 19.5 Å². The first-order valence-corrected chi connectivity index (χ1v) is 26.1. The van der Waals surface area contributed by atoms with Gasteiger partial charge in [-0.2, -0.15) is 0 Å².